The van der Waals surface area contributed by atoms with Crippen LogP contribution in [0.15, 0.2) is 48.5 Å². The second kappa shape index (κ2) is 12.0. The molecule has 160 valence electrons. The van der Waals surface area contributed by atoms with Crippen molar-refractivity contribution in [1.29, 1.82) is 0 Å². The van der Waals surface area contributed by atoms with Crippen LogP contribution in [0.5, 0.6) is 0 Å². The van der Waals surface area contributed by atoms with E-state index in [4.69, 9.17) is 16.3 Å². The number of hydrogen-bond donors (Lipinski definition) is 1. The maximum Gasteiger partial charge on any atom is 0.307 e. The zero-order chi connectivity index (χ0) is 21.9. The molecule has 2 aromatic rings. The molecule has 0 heterocycles. The predicted octanol–water partition coefficient (Wildman–Crippen LogP) is 3.94. The molecule has 2 rings (SSSR count). The molecule has 7 heteroatoms. The summed E-state index contributed by atoms with van der Waals surface area (Å²) in [5, 5.41) is 3.49. The molecule has 0 aromatic heterocycles. The van der Waals surface area contributed by atoms with Crippen molar-refractivity contribution in [3.63, 3.8) is 0 Å². The van der Waals surface area contributed by atoms with E-state index in [9.17, 15) is 14.4 Å². The molecule has 0 aliphatic heterocycles. The van der Waals surface area contributed by atoms with E-state index in [1.807, 2.05) is 48.5 Å². The van der Waals surface area contributed by atoms with Crippen molar-refractivity contribution in [3.8, 4) is 11.1 Å². The van der Waals surface area contributed by atoms with Gasteiger partial charge < -0.3 is 14.8 Å². The Labute approximate surface area is 181 Å². The quantitative estimate of drug-likeness (QED) is 0.576. The summed E-state index contributed by atoms with van der Waals surface area (Å²) in [4.78, 5) is 35.4. The van der Waals surface area contributed by atoms with Crippen molar-refractivity contribution in [3.05, 3.63) is 59.1 Å². The Morgan fingerprint density at radius 1 is 1.00 bits per heavy atom. The van der Waals surface area contributed by atoms with Crippen LogP contribution in [-0.4, -0.2) is 37.6 Å². The lowest BCUT2D eigenvalue weighted by atomic mass is 9.99. The molecule has 1 N–H and O–H groups in total. The molecule has 0 spiro atoms. The molecule has 2 aromatic carbocycles. The number of amides is 1. The van der Waals surface area contributed by atoms with Crippen LogP contribution in [0.1, 0.15) is 31.7 Å². The summed E-state index contributed by atoms with van der Waals surface area (Å²) in [6.07, 6.45) is 0.480. The first-order chi connectivity index (χ1) is 14.4. The van der Waals surface area contributed by atoms with E-state index in [-0.39, 0.29) is 37.7 Å². The zero-order valence-electron chi connectivity index (χ0n) is 17.2. The fourth-order valence-corrected chi connectivity index (χ4v) is 3.26. The van der Waals surface area contributed by atoms with Crippen LogP contribution < -0.4 is 5.32 Å². The molecule has 0 aliphatic rings. The van der Waals surface area contributed by atoms with Crippen molar-refractivity contribution < 1.29 is 23.9 Å². The Bertz CT molecular complexity index is 866. The van der Waals surface area contributed by atoms with E-state index >= 15 is 0 Å². The van der Waals surface area contributed by atoms with E-state index in [0.29, 0.717) is 11.4 Å². The van der Waals surface area contributed by atoms with Gasteiger partial charge in [0.2, 0.25) is 5.91 Å². The van der Waals surface area contributed by atoms with E-state index in [1.54, 1.807) is 6.92 Å². The third kappa shape index (κ3) is 7.52. The monoisotopic (exact) mass is 431 g/mol. The van der Waals surface area contributed by atoms with Gasteiger partial charge in [0, 0.05) is 23.0 Å². The number of ether oxygens (including phenoxy) is 2. The fourth-order valence-electron chi connectivity index (χ4n) is 3.01. The fraction of sp³-hybridized carbons (Fsp3) is 0.348. The van der Waals surface area contributed by atoms with Crippen LogP contribution in [0.4, 0.5) is 0 Å². The van der Waals surface area contributed by atoms with Gasteiger partial charge in [-0.1, -0.05) is 54.1 Å². The summed E-state index contributed by atoms with van der Waals surface area (Å²) < 4.78 is 9.57. The molecule has 0 bridgehead atoms. The highest BCUT2D eigenvalue weighted by atomic mass is 35.5. The summed E-state index contributed by atoms with van der Waals surface area (Å²) in [5.74, 6) is -1.16. The molecule has 0 saturated heterocycles. The van der Waals surface area contributed by atoms with Crippen molar-refractivity contribution >= 4 is 29.4 Å². The minimum absolute atomic E-state index is 0.00254. The third-order valence-corrected chi connectivity index (χ3v) is 4.82. The molecule has 1 amide bonds. The Kier molecular flexibility index (Phi) is 9.35. The number of nitrogens with one attached hydrogen (secondary N) is 1. The van der Waals surface area contributed by atoms with Crippen molar-refractivity contribution in [2.45, 2.75) is 38.6 Å². The number of esters is 2. The highest BCUT2D eigenvalue weighted by Gasteiger charge is 2.19. The SMILES string of the molecule is CCOC(=O)CC(Cc1ccc(-c2ccccc2Cl)cc1)NC(=O)CCC(=O)OC. The standard InChI is InChI=1S/C23H26ClNO5/c1-3-30-23(28)15-18(25-21(26)12-13-22(27)29-2)14-16-8-10-17(11-9-16)19-6-4-5-7-20(19)24/h4-11,18H,3,12-15H2,1-2H3,(H,25,26). The second-order valence-corrected chi connectivity index (χ2v) is 7.14. The van der Waals surface area contributed by atoms with Crippen molar-refractivity contribution in [2.75, 3.05) is 13.7 Å². The van der Waals surface area contributed by atoms with Gasteiger partial charge in [-0.05, 0) is 30.5 Å². The van der Waals surface area contributed by atoms with Gasteiger partial charge in [-0.15, -0.1) is 0 Å². The van der Waals surface area contributed by atoms with Gasteiger partial charge >= 0.3 is 11.9 Å². The molecule has 1 unspecified atom stereocenters. The Hall–Kier alpha value is -2.86. The summed E-state index contributed by atoms with van der Waals surface area (Å²) >= 11 is 6.26. The van der Waals surface area contributed by atoms with E-state index in [1.165, 1.54) is 7.11 Å². The lowest BCUT2D eigenvalue weighted by Crippen LogP contribution is -2.38. The largest absolute Gasteiger partial charge is 0.469 e. The molecule has 1 atom stereocenters. The molecule has 0 radical (unpaired) electrons. The van der Waals surface area contributed by atoms with Crippen LogP contribution >= 0.6 is 11.6 Å². The average Bonchev–Trinajstić information content (AvgIpc) is 2.73. The molecular weight excluding hydrogens is 406 g/mol. The van der Waals surface area contributed by atoms with Gasteiger partial charge in [0.05, 0.1) is 26.6 Å². The summed E-state index contributed by atoms with van der Waals surface area (Å²) in [6.45, 7) is 2.00. The summed E-state index contributed by atoms with van der Waals surface area (Å²) in [7, 11) is 1.27. The third-order valence-electron chi connectivity index (χ3n) is 4.49. The molecule has 30 heavy (non-hydrogen) atoms. The van der Waals surface area contributed by atoms with Crippen LogP contribution in [-0.2, 0) is 30.3 Å². The Morgan fingerprint density at radius 3 is 2.33 bits per heavy atom. The Balaban J connectivity index is 2.06. The van der Waals surface area contributed by atoms with Crippen LogP contribution in [0.2, 0.25) is 5.02 Å². The van der Waals surface area contributed by atoms with Crippen molar-refractivity contribution in [2.24, 2.45) is 0 Å². The van der Waals surface area contributed by atoms with Gasteiger partial charge in [0.25, 0.3) is 0 Å². The van der Waals surface area contributed by atoms with Crippen molar-refractivity contribution in [1.82, 2.24) is 5.32 Å². The number of hydrogen-bond acceptors (Lipinski definition) is 5. The number of rotatable bonds is 10. The molecular formula is C23H26ClNO5. The lowest BCUT2D eigenvalue weighted by molar-refractivity contribution is -0.144. The second-order valence-electron chi connectivity index (χ2n) is 6.73. The first kappa shape index (κ1) is 23.4. The van der Waals surface area contributed by atoms with Gasteiger partial charge in [0.1, 0.15) is 0 Å². The molecule has 0 fully saturated rings. The average molecular weight is 432 g/mol. The van der Waals surface area contributed by atoms with Gasteiger partial charge in [0.15, 0.2) is 0 Å². The molecule has 0 aliphatic carbocycles. The zero-order valence-corrected chi connectivity index (χ0v) is 17.9. The maximum absolute atomic E-state index is 12.2. The molecule has 6 nitrogen and oxygen atoms in total. The minimum atomic E-state index is -0.456. The smallest absolute Gasteiger partial charge is 0.307 e. The lowest BCUT2D eigenvalue weighted by Gasteiger charge is -2.18. The van der Waals surface area contributed by atoms with Crippen LogP contribution in [0, 0.1) is 0 Å². The summed E-state index contributed by atoms with van der Waals surface area (Å²) in [5.41, 5.74) is 2.87. The normalized spacial score (nSPS) is 11.4. The van der Waals surface area contributed by atoms with Crippen LogP contribution in [0.3, 0.4) is 0 Å². The van der Waals surface area contributed by atoms with Gasteiger partial charge in [-0.2, -0.15) is 0 Å². The topological polar surface area (TPSA) is 81.7 Å². The molecule has 0 saturated carbocycles. The van der Waals surface area contributed by atoms with E-state index in [2.05, 4.69) is 10.1 Å². The maximum atomic E-state index is 12.2. The van der Waals surface area contributed by atoms with Crippen LogP contribution in [0.25, 0.3) is 11.1 Å². The number of carbonyl (C=O) groups is 3. The minimum Gasteiger partial charge on any atom is -0.469 e. The number of carbonyl (C=O) groups excluding carboxylic acids is 3. The van der Waals surface area contributed by atoms with Gasteiger partial charge in [-0.25, -0.2) is 0 Å². The summed E-state index contributed by atoms with van der Waals surface area (Å²) in [6, 6.07) is 14.9. The highest BCUT2D eigenvalue weighted by Crippen LogP contribution is 2.27. The predicted molar refractivity (Wildman–Crippen MR) is 115 cm³/mol. The Morgan fingerprint density at radius 2 is 1.70 bits per heavy atom. The van der Waals surface area contributed by atoms with E-state index in [0.717, 1.165) is 16.7 Å². The number of halogens is 1. The number of methoxy groups -OCH3 is 1. The first-order valence-corrected chi connectivity index (χ1v) is 10.2. The number of benzene rings is 2. The highest BCUT2D eigenvalue weighted by molar-refractivity contribution is 6.33. The van der Waals surface area contributed by atoms with Gasteiger partial charge in [-0.3, -0.25) is 14.4 Å². The first-order valence-electron chi connectivity index (χ1n) is 9.78. The van der Waals surface area contributed by atoms with E-state index < -0.39 is 12.0 Å².